The molecule has 18 heavy (non-hydrogen) atoms. The van der Waals surface area contributed by atoms with Crippen LogP contribution in [-0.4, -0.2) is 6.04 Å². The molecule has 106 valence electrons. The van der Waals surface area contributed by atoms with Crippen LogP contribution >= 0.6 is 0 Å². The Hall–Kier alpha value is -0.0400. The smallest absolute Gasteiger partial charge is 0.00388 e. The van der Waals surface area contributed by atoms with Gasteiger partial charge in [-0.25, -0.2) is 0 Å². The summed E-state index contributed by atoms with van der Waals surface area (Å²) in [5.74, 6) is 5.02. The van der Waals surface area contributed by atoms with Gasteiger partial charge in [-0.15, -0.1) is 0 Å². The molecule has 0 amide bonds. The lowest BCUT2D eigenvalue weighted by Gasteiger charge is -2.24. The quantitative estimate of drug-likeness (QED) is 0.759. The Labute approximate surface area is 114 Å². The van der Waals surface area contributed by atoms with Crippen LogP contribution in [0.4, 0.5) is 0 Å². The molecule has 0 heterocycles. The molecule has 0 aromatic heterocycles. The zero-order valence-corrected chi connectivity index (χ0v) is 12.7. The lowest BCUT2D eigenvalue weighted by Crippen LogP contribution is -2.22. The molecule has 6 unspecified atom stereocenters. The van der Waals surface area contributed by atoms with Crippen molar-refractivity contribution >= 4 is 0 Å². The van der Waals surface area contributed by atoms with Crippen LogP contribution in [0.5, 0.6) is 0 Å². The molecule has 2 saturated carbocycles. The van der Waals surface area contributed by atoms with Crippen molar-refractivity contribution < 1.29 is 0 Å². The Morgan fingerprint density at radius 3 is 2.61 bits per heavy atom. The molecule has 2 rings (SSSR count). The van der Waals surface area contributed by atoms with Gasteiger partial charge in [-0.05, 0) is 68.1 Å². The van der Waals surface area contributed by atoms with Crippen LogP contribution < -0.4 is 5.73 Å². The molecule has 2 aliphatic rings. The Balaban J connectivity index is 1.84. The Bertz CT molecular complexity index is 250. The van der Waals surface area contributed by atoms with Crippen LogP contribution in [0.3, 0.4) is 0 Å². The number of rotatable bonds is 5. The van der Waals surface area contributed by atoms with Crippen LogP contribution in [0, 0.1) is 29.6 Å². The van der Waals surface area contributed by atoms with Gasteiger partial charge < -0.3 is 5.73 Å². The summed E-state index contributed by atoms with van der Waals surface area (Å²) in [6.45, 7) is 7.23. The van der Waals surface area contributed by atoms with Gasteiger partial charge in [-0.3, -0.25) is 0 Å². The third kappa shape index (κ3) is 3.29. The second kappa shape index (κ2) is 6.41. The molecule has 1 heteroatoms. The van der Waals surface area contributed by atoms with Crippen molar-refractivity contribution in [3.8, 4) is 0 Å². The van der Waals surface area contributed by atoms with Crippen LogP contribution in [0.25, 0.3) is 0 Å². The third-order valence-corrected chi connectivity index (χ3v) is 5.90. The molecule has 0 aromatic carbocycles. The summed E-state index contributed by atoms with van der Waals surface area (Å²) < 4.78 is 0. The average Bonchev–Trinajstić information content (AvgIpc) is 2.52. The van der Waals surface area contributed by atoms with Crippen molar-refractivity contribution in [2.45, 2.75) is 78.2 Å². The Morgan fingerprint density at radius 2 is 1.89 bits per heavy atom. The van der Waals surface area contributed by atoms with Gasteiger partial charge in [0.1, 0.15) is 0 Å². The second-order valence-corrected chi connectivity index (χ2v) is 7.32. The van der Waals surface area contributed by atoms with Gasteiger partial charge >= 0.3 is 0 Å². The van der Waals surface area contributed by atoms with E-state index in [1.807, 2.05) is 0 Å². The maximum absolute atomic E-state index is 6.19. The fourth-order valence-corrected chi connectivity index (χ4v) is 4.75. The number of hydrogen-bond acceptors (Lipinski definition) is 1. The molecule has 6 atom stereocenters. The molecule has 0 radical (unpaired) electrons. The van der Waals surface area contributed by atoms with Crippen molar-refractivity contribution in [1.82, 2.24) is 0 Å². The zero-order chi connectivity index (χ0) is 13.1. The van der Waals surface area contributed by atoms with E-state index in [-0.39, 0.29) is 0 Å². The van der Waals surface area contributed by atoms with Crippen molar-refractivity contribution in [1.29, 1.82) is 0 Å². The SMILES string of the molecule is CCCC(N)CCC1CC2CC(C)CCC1C2C. The molecule has 1 nitrogen and oxygen atoms in total. The molecule has 2 bridgehead atoms. The standard InChI is InChI=1S/C17H33N/c1-4-5-16(18)8-7-14-11-15-10-12(2)6-9-17(14)13(15)3/h12-17H,4-11,18H2,1-3H3. The highest BCUT2D eigenvalue weighted by molar-refractivity contribution is 4.92. The minimum absolute atomic E-state index is 0.465. The maximum atomic E-state index is 6.19. The first-order valence-electron chi connectivity index (χ1n) is 8.37. The topological polar surface area (TPSA) is 26.0 Å². The summed E-state index contributed by atoms with van der Waals surface area (Å²) in [6.07, 6.45) is 11.1. The van der Waals surface area contributed by atoms with Crippen molar-refractivity contribution in [3.05, 3.63) is 0 Å². The molecule has 0 aliphatic heterocycles. The maximum Gasteiger partial charge on any atom is 0.00388 e. The van der Waals surface area contributed by atoms with E-state index in [1.54, 1.807) is 0 Å². The lowest BCUT2D eigenvalue weighted by molar-refractivity contribution is 0.272. The van der Waals surface area contributed by atoms with E-state index < -0.39 is 0 Å². The first kappa shape index (κ1) is 14.4. The highest BCUT2D eigenvalue weighted by Gasteiger charge is 2.42. The molecule has 0 aromatic rings. The average molecular weight is 251 g/mol. The fourth-order valence-electron chi connectivity index (χ4n) is 4.75. The van der Waals surface area contributed by atoms with Crippen molar-refractivity contribution in [2.75, 3.05) is 0 Å². The highest BCUT2D eigenvalue weighted by Crippen LogP contribution is 2.51. The van der Waals surface area contributed by atoms with Gasteiger partial charge in [-0.2, -0.15) is 0 Å². The van der Waals surface area contributed by atoms with E-state index in [1.165, 1.54) is 51.4 Å². The van der Waals surface area contributed by atoms with Gasteiger partial charge in [0, 0.05) is 6.04 Å². The molecule has 2 fully saturated rings. The lowest BCUT2D eigenvalue weighted by atomic mass is 9.82. The summed E-state index contributed by atoms with van der Waals surface area (Å²) in [4.78, 5) is 0. The van der Waals surface area contributed by atoms with Gasteiger partial charge in [-0.1, -0.05) is 33.6 Å². The first-order valence-corrected chi connectivity index (χ1v) is 8.37. The Morgan fingerprint density at radius 1 is 1.11 bits per heavy atom. The van der Waals surface area contributed by atoms with Gasteiger partial charge in [0.25, 0.3) is 0 Å². The largest absolute Gasteiger partial charge is 0.328 e. The number of hydrogen-bond donors (Lipinski definition) is 1. The monoisotopic (exact) mass is 251 g/mol. The van der Waals surface area contributed by atoms with E-state index in [2.05, 4.69) is 20.8 Å². The predicted molar refractivity (Wildman–Crippen MR) is 79.4 cm³/mol. The van der Waals surface area contributed by atoms with Gasteiger partial charge in [0.15, 0.2) is 0 Å². The first-order chi connectivity index (χ1) is 8.61. The van der Waals surface area contributed by atoms with Crippen molar-refractivity contribution in [2.24, 2.45) is 35.3 Å². The summed E-state index contributed by atoms with van der Waals surface area (Å²) in [5, 5.41) is 0. The van der Waals surface area contributed by atoms with Crippen LogP contribution in [0.1, 0.15) is 72.1 Å². The number of nitrogens with two attached hydrogens (primary N) is 1. The fraction of sp³-hybridized carbons (Fsp3) is 1.00. The summed E-state index contributed by atoms with van der Waals surface area (Å²) in [6, 6.07) is 0.465. The van der Waals surface area contributed by atoms with Gasteiger partial charge in [0.05, 0.1) is 0 Å². The van der Waals surface area contributed by atoms with E-state index in [0.29, 0.717) is 6.04 Å². The van der Waals surface area contributed by atoms with Crippen LogP contribution in [0.15, 0.2) is 0 Å². The van der Waals surface area contributed by atoms with Crippen LogP contribution in [-0.2, 0) is 0 Å². The third-order valence-electron chi connectivity index (χ3n) is 5.90. The van der Waals surface area contributed by atoms with Gasteiger partial charge in [0.2, 0.25) is 0 Å². The zero-order valence-electron chi connectivity index (χ0n) is 12.7. The molecule has 2 N–H and O–H groups in total. The molecule has 0 spiro atoms. The molecular formula is C17H33N. The van der Waals surface area contributed by atoms with Crippen molar-refractivity contribution in [3.63, 3.8) is 0 Å². The van der Waals surface area contributed by atoms with E-state index in [4.69, 9.17) is 5.73 Å². The number of fused-ring (bicyclic) bond motifs is 2. The summed E-state index contributed by atoms with van der Waals surface area (Å²) in [7, 11) is 0. The van der Waals surface area contributed by atoms with E-state index >= 15 is 0 Å². The predicted octanol–water partition coefficient (Wildman–Crippen LogP) is 4.60. The molecule has 0 saturated heterocycles. The minimum atomic E-state index is 0.465. The molecular weight excluding hydrogens is 218 g/mol. The summed E-state index contributed by atoms with van der Waals surface area (Å²) >= 11 is 0. The van der Waals surface area contributed by atoms with E-state index in [9.17, 15) is 0 Å². The Kier molecular flexibility index (Phi) is 5.12. The summed E-state index contributed by atoms with van der Waals surface area (Å²) in [5.41, 5.74) is 6.19. The highest BCUT2D eigenvalue weighted by atomic mass is 14.6. The van der Waals surface area contributed by atoms with Crippen LogP contribution in [0.2, 0.25) is 0 Å². The minimum Gasteiger partial charge on any atom is -0.328 e. The van der Waals surface area contributed by atoms with E-state index in [0.717, 1.165) is 29.6 Å². The normalized spacial score (nSPS) is 41.7. The second-order valence-electron chi connectivity index (χ2n) is 7.32. The molecule has 2 aliphatic carbocycles.